The van der Waals surface area contributed by atoms with Crippen LogP contribution in [0.2, 0.25) is 0 Å². The van der Waals surface area contributed by atoms with Crippen LogP contribution in [0.1, 0.15) is 139 Å². The van der Waals surface area contributed by atoms with Crippen LogP contribution in [0.4, 0.5) is 5.69 Å². The molecule has 1 aliphatic heterocycles. The molecular formula is C38H58N2O6. The number of carboxylic acid groups (broad SMARTS) is 1. The minimum Gasteiger partial charge on any atom is -0.481 e. The third-order valence-corrected chi connectivity index (χ3v) is 8.77. The van der Waals surface area contributed by atoms with E-state index in [4.69, 9.17) is 14.6 Å². The van der Waals surface area contributed by atoms with Crippen molar-refractivity contribution in [1.82, 2.24) is 4.90 Å². The van der Waals surface area contributed by atoms with Crippen molar-refractivity contribution in [2.75, 3.05) is 25.0 Å². The van der Waals surface area contributed by atoms with E-state index in [9.17, 15) is 14.7 Å². The topological polar surface area (TPSA) is 108 Å². The van der Waals surface area contributed by atoms with Gasteiger partial charge in [-0.3, -0.25) is 9.59 Å². The standard InChI is InChI=1S/C38H58N2O6/c1-3-5-7-9-11-13-25-40(26-14-12-10-8-6-4-2)28-34-27-35(31-17-15-30(29-41)16-18-31)46-38(45-34)32-19-21-33(22-20-32)39-36(42)23-24-37(43)44/h15-22,34-35,38,41H,3-14,23-29H2,1-2H3,(H,39,42)(H,43,44)/t34-,35+,38+/m0/s1. The SMILES string of the molecule is CCCCCCCCN(CCCCCCCC)C[C@@H]1C[C@H](c2ccc(CO)cc2)O[C@H](c2ccc(NC(=O)CCC(=O)O)cc2)O1. The van der Waals surface area contributed by atoms with Gasteiger partial charge >= 0.3 is 5.97 Å². The Morgan fingerprint density at radius 1 is 0.761 bits per heavy atom. The minimum atomic E-state index is -0.996. The fourth-order valence-electron chi connectivity index (χ4n) is 6.01. The molecule has 1 heterocycles. The Morgan fingerprint density at radius 2 is 1.33 bits per heavy atom. The lowest BCUT2D eigenvalue weighted by molar-refractivity contribution is -0.253. The Balaban J connectivity index is 1.70. The fraction of sp³-hybridized carbons (Fsp3) is 0.632. The number of unbranched alkanes of at least 4 members (excludes halogenated alkanes) is 10. The highest BCUT2D eigenvalue weighted by molar-refractivity contribution is 5.92. The van der Waals surface area contributed by atoms with Gasteiger partial charge in [-0.05, 0) is 49.2 Å². The maximum absolute atomic E-state index is 12.1. The van der Waals surface area contributed by atoms with Crippen molar-refractivity contribution in [2.45, 2.75) is 135 Å². The Kier molecular flexibility index (Phi) is 17.9. The van der Waals surface area contributed by atoms with Crippen LogP contribution in [0.3, 0.4) is 0 Å². The van der Waals surface area contributed by atoms with Gasteiger partial charge in [0.2, 0.25) is 5.91 Å². The number of nitrogens with zero attached hydrogens (tertiary/aromatic N) is 1. The van der Waals surface area contributed by atoms with E-state index in [1.807, 2.05) is 36.4 Å². The van der Waals surface area contributed by atoms with Crippen molar-refractivity contribution in [1.29, 1.82) is 0 Å². The molecule has 1 saturated heterocycles. The number of ether oxygens (including phenoxy) is 2. The summed E-state index contributed by atoms with van der Waals surface area (Å²) < 4.78 is 13.2. The van der Waals surface area contributed by atoms with Crippen LogP contribution in [-0.2, 0) is 25.7 Å². The first-order valence-electron chi connectivity index (χ1n) is 17.8. The molecule has 0 radical (unpaired) electrons. The maximum Gasteiger partial charge on any atom is 0.303 e. The number of aliphatic hydroxyl groups excluding tert-OH is 1. The number of amides is 1. The van der Waals surface area contributed by atoms with Gasteiger partial charge in [0.25, 0.3) is 0 Å². The normalized spacial score (nSPS) is 18.1. The van der Waals surface area contributed by atoms with E-state index >= 15 is 0 Å². The number of hydrogen-bond acceptors (Lipinski definition) is 6. The number of rotatable bonds is 23. The Morgan fingerprint density at radius 3 is 1.89 bits per heavy atom. The molecule has 256 valence electrons. The molecule has 3 N–H and O–H groups in total. The minimum absolute atomic E-state index is 0.00517. The molecule has 0 saturated carbocycles. The number of aliphatic carboxylic acids is 1. The fourth-order valence-corrected chi connectivity index (χ4v) is 6.01. The first-order chi connectivity index (χ1) is 22.4. The number of anilines is 1. The summed E-state index contributed by atoms with van der Waals surface area (Å²) in [7, 11) is 0. The summed E-state index contributed by atoms with van der Waals surface area (Å²) in [6.45, 7) is 7.54. The van der Waals surface area contributed by atoms with Crippen molar-refractivity contribution < 1.29 is 29.3 Å². The van der Waals surface area contributed by atoms with E-state index in [0.29, 0.717) is 5.69 Å². The molecule has 3 atom stereocenters. The number of hydrogen-bond donors (Lipinski definition) is 3. The van der Waals surface area contributed by atoms with Crippen LogP contribution in [0.15, 0.2) is 48.5 Å². The number of nitrogens with one attached hydrogen (secondary N) is 1. The lowest BCUT2D eigenvalue weighted by atomic mass is 9.99. The largest absolute Gasteiger partial charge is 0.481 e. The monoisotopic (exact) mass is 638 g/mol. The number of aliphatic hydroxyl groups is 1. The number of carboxylic acids is 1. The summed E-state index contributed by atoms with van der Waals surface area (Å²) in [5, 5.41) is 21.2. The molecule has 46 heavy (non-hydrogen) atoms. The third kappa shape index (κ3) is 14.3. The average molecular weight is 639 g/mol. The number of benzene rings is 2. The lowest BCUT2D eigenvalue weighted by Crippen LogP contribution is -2.40. The second kappa shape index (κ2) is 21.9. The highest BCUT2D eigenvalue weighted by atomic mass is 16.7. The van der Waals surface area contributed by atoms with E-state index in [0.717, 1.165) is 42.7 Å². The summed E-state index contributed by atoms with van der Waals surface area (Å²) in [6, 6.07) is 15.4. The second-order valence-electron chi connectivity index (χ2n) is 12.8. The average Bonchev–Trinajstić information content (AvgIpc) is 3.07. The van der Waals surface area contributed by atoms with Gasteiger partial charge in [-0.2, -0.15) is 0 Å². The van der Waals surface area contributed by atoms with Gasteiger partial charge in [0.05, 0.1) is 25.2 Å². The highest BCUT2D eigenvalue weighted by Gasteiger charge is 2.33. The molecule has 8 nitrogen and oxygen atoms in total. The molecule has 0 bridgehead atoms. The molecule has 1 amide bonds. The van der Waals surface area contributed by atoms with E-state index in [1.54, 1.807) is 12.1 Å². The highest BCUT2D eigenvalue weighted by Crippen LogP contribution is 2.38. The molecule has 0 aromatic heterocycles. The zero-order valence-electron chi connectivity index (χ0n) is 28.3. The van der Waals surface area contributed by atoms with Gasteiger partial charge in [-0.25, -0.2) is 0 Å². The van der Waals surface area contributed by atoms with E-state index in [-0.39, 0.29) is 37.6 Å². The quantitative estimate of drug-likeness (QED) is 0.105. The summed E-state index contributed by atoms with van der Waals surface area (Å²) >= 11 is 0. The zero-order valence-corrected chi connectivity index (χ0v) is 28.3. The first kappa shape index (κ1) is 37.7. The van der Waals surface area contributed by atoms with Gasteiger partial charge in [0, 0.05) is 30.6 Å². The van der Waals surface area contributed by atoms with Crippen LogP contribution < -0.4 is 5.32 Å². The molecule has 0 spiro atoms. The smallest absolute Gasteiger partial charge is 0.303 e. The van der Waals surface area contributed by atoms with Crippen molar-refractivity contribution >= 4 is 17.6 Å². The summed E-state index contributed by atoms with van der Waals surface area (Å²) in [5.74, 6) is -1.33. The molecule has 0 unspecified atom stereocenters. The molecule has 1 aliphatic rings. The summed E-state index contributed by atoms with van der Waals surface area (Å²) in [5.41, 5.74) is 3.40. The molecule has 2 aromatic rings. The third-order valence-electron chi connectivity index (χ3n) is 8.77. The van der Waals surface area contributed by atoms with Crippen LogP contribution in [0.5, 0.6) is 0 Å². The van der Waals surface area contributed by atoms with Crippen LogP contribution in [-0.4, -0.2) is 52.7 Å². The van der Waals surface area contributed by atoms with E-state index in [1.165, 1.54) is 77.0 Å². The van der Waals surface area contributed by atoms with Gasteiger partial charge in [0.15, 0.2) is 6.29 Å². The zero-order chi connectivity index (χ0) is 33.0. The molecule has 1 fully saturated rings. The first-order valence-corrected chi connectivity index (χ1v) is 17.8. The summed E-state index contributed by atoms with van der Waals surface area (Å²) in [6.07, 6.45) is 15.1. The van der Waals surface area contributed by atoms with Crippen LogP contribution in [0, 0.1) is 0 Å². The second-order valence-corrected chi connectivity index (χ2v) is 12.8. The van der Waals surface area contributed by atoms with Crippen LogP contribution >= 0.6 is 0 Å². The molecular weight excluding hydrogens is 580 g/mol. The van der Waals surface area contributed by atoms with Crippen LogP contribution in [0.25, 0.3) is 0 Å². The molecule has 3 rings (SSSR count). The summed E-state index contributed by atoms with van der Waals surface area (Å²) in [4.78, 5) is 25.5. The predicted octanol–water partition coefficient (Wildman–Crippen LogP) is 8.55. The van der Waals surface area contributed by atoms with Gasteiger partial charge in [-0.15, -0.1) is 0 Å². The molecule has 2 aromatic carbocycles. The molecule has 8 heteroatoms. The van der Waals surface area contributed by atoms with Gasteiger partial charge in [0.1, 0.15) is 0 Å². The predicted molar refractivity (Wildman–Crippen MR) is 184 cm³/mol. The lowest BCUT2D eigenvalue weighted by Gasteiger charge is -2.38. The van der Waals surface area contributed by atoms with Gasteiger partial charge in [-0.1, -0.05) is 114 Å². The van der Waals surface area contributed by atoms with Crippen molar-refractivity contribution in [3.05, 3.63) is 65.2 Å². The Bertz CT molecular complexity index is 1110. The van der Waals surface area contributed by atoms with E-state index < -0.39 is 12.3 Å². The number of carbonyl (C=O) groups is 2. The van der Waals surface area contributed by atoms with Crippen molar-refractivity contribution in [2.24, 2.45) is 0 Å². The van der Waals surface area contributed by atoms with Gasteiger partial charge < -0.3 is 29.9 Å². The number of carbonyl (C=O) groups excluding carboxylic acids is 1. The molecule has 0 aliphatic carbocycles. The Hall–Kier alpha value is -2.78. The van der Waals surface area contributed by atoms with E-state index in [2.05, 4.69) is 24.1 Å². The van der Waals surface area contributed by atoms with Crippen molar-refractivity contribution in [3.8, 4) is 0 Å². The Labute approximate surface area is 276 Å². The van der Waals surface area contributed by atoms with Crippen molar-refractivity contribution in [3.63, 3.8) is 0 Å². The maximum atomic E-state index is 12.1.